The Labute approximate surface area is 150 Å². The summed E-state index contributed by atoms with van der Waals surface area (Å²) in [6.07, 6.45) is -1.97. The first-order valence-corrected chi connectivity index (χ1v) is 8.93. The summed E-state index contributed by atoms with van der Waals surface area (Å²) in [7, 11) is 1.44. The quantitative estimate of drug-likeness (QED) is 0.824. The smallest absolute Gasteiger partial charge is 0.417 e. The van der Waals surface area contributed by atoms with Gasteiger partial charge in [0.1, 0.15) is 11.6 Å². The maximum Gasteiger partial charge on any atom is 0.417 e. The highest BCUT2D eigenvalue weighted by Crippen LogP contribution is 2.38. The van der Waals surface area contributed by atoms with Gasteiger partial charge in [0, 0.05) is 37.1 Å². The zero-order chi connectivity index (χ0) is 18.5. The van der Waals surface area contributed by atoms with Gasteiger partial charge in [0.2, 0.25) is 0 Å². The van der Waals surface area contributed by atoms with Gasteiger partial charge in [-0.05, 0) is 44.0 Å². The van der Waals surface area contributed by atoms with E-state index in [-0.39, 0.29) is 11.4 Å². The molecular weight excluding hydrogens is 343 g/mol. The van der Waals surface area contributed by atoms with E-state index in [0.717, 1.165) is 13.1 Å². The van der Waals surface area contributed by atoms with Gasteiger partial charge in [-0.3, -0.25) is 4.90 Å². The molecule has 4 nitrogen and oxygen atoms in total. The van der Waals surface area contributed by atoms with Crippen molar-refractivity contribution in [1.82, 2.24) is 9.88 Å². The van der Waals surface area contributed by atoms with Crippen LogP contribution in [-0.4, -0.2) is 48.7 Å². The van der Waals surface area contributed by atoms with E-state index in [1.807, 2.05) is 4.90 Å². The number of alkyl halides is 3. The van der Waals surface area contributed by atoms with Gasteiger partial charge in [-0.1, -0.05) is 0 Å². The van der Waals surface area contributed by atoms with E-state index < -0.39 is 11.7 Å². The predicted molar refractivity (Wildman–Crippen MR) is 94.7 cm³/mol. The first-order chi connectivity index (χ1) is 12.4. The average Bonchev–Trinajstić information content (AvgIpc) is 3.44. The lowest BCUT2D eigenvalue weighted by molar-refractivity contribution is -0.136. The fourth-order valence-electron chi connectivity index (χ4n) is 3.80. The molecule has 1 saturated heterocycles. The summed E-state index contributed by atoms with van der Waals surface area (Å²) in [5, 5.41) is 0.0740. The first kappa shape index (κ1) is 17.4. The van der Waals surface area contributed by atoms with E-state index in [1.54, 1.807) is 12.1 Å². The lowest BCUT2D eigenvalue weighted by Gasteiger charge is -2.41. The van der Waals surface area contributed by atoms with Crippen molar-refractivity contribution in [3.05, 3.63) is 29.8 Å². The maximum atomic E-state index is 13.7. The molecule has 0 radical (unpaired) electrons. The van der Waals surface area contributed by atoms with Crippen LogP contribution in [0.2, 0.25) is 0 Å². The topological polar surface area (TPSA) is 28.6 Å². The van der Waals surface area contributed by atoms with Crippen LogP contribution in [0.15, 0.2) is 24.3 Å². The van der Waals surface area contributed by atoms with E-state index >= 15 is 0 Å². The second kappa shape index (κ2) is 6.30. The largest absolute Gasteiger partial charge is 0.497 e. The molecule has 0 amide bonds. The SMILES string of the molecule is COc1ccc2nc(N3CCN(C4CC4)CC3C)cc(C(F)(F)F)c2c1. The standard InChI is InChI=1S/C19H22F3N3O/c1-12-11-24(13-3-4-13)7-8-25(12)18-10-16(19(20,21)22)15-9-14(26-2)5-6-17(15)23-18/h5-6,9-10,12-13H,3-4,7-8,11H2,1-2H3. The molecule has 4 rings (SSSR count). The number of halogens is 3. The highest BCUT2D eigenvalue weighted by molar-refractivity contribution is 5.86. The minimum Gasteiger partial charge on any atom is -0.497 e. The van der Waals surface area contributed by atoms with E-state index in [0.29, 0.717) is 29.7 Å². The fourth-order valence-corrected chi connectivity index (χ4v) is 3.80. The molecule has 26 heavy (non-hydrogen) atoms. The zero-order valence-electron chi connectivity index (χ0n) is 14.9. The second-order valence-electron chi connectivity index (χ2n) is 7.18. The van der Waals surface area contributed by atoms with Gasteiger partial charge in [-0.2, -0.15) is 13.2 Å². The number of methoxy groups -OCH3 is 1. The van der Waals surface area contributed by atoms with E-state index in [2.05, 4.69) is 16.8 Å². The molecule has 2 heterocycles. The molecule has 2 aromatic rings. The molecule has 1 aliphatic heterocycles. The number of aromatic nitrogens is 1. The van der Waals surface area contributed by atoms with Crippen molar-refractivity contribution in [1.29, 1.82) is 0 Å². The monoisotopic (exact) mass is 365 g/mol. The van der Waals surface area contributed by atoms with Gasteiger partial charge in [-0.25, -0.2) is 4.98 Å². The average molecular weight is 365 g/mol. The number of benzene rings is 1. The van der Waals surface area contributed by atoms with Gasteiger partial charge in [0.05, 0.1) is 18.2 Å². The molecular formula is C19H22F3N3O. The number of nitrogens with zero attached hydrogens (tertiary/aromatic N) is 3. The number of ether oxygens (including phenoxy) is 1. The number of pyridine rings is 1. The Kier molecular flexibility index (Phi) is 4.22. The number of anilines is 1. The highest BCUT2D eigenvalue weighted by Gasteiger charge is 2.37. The van der Waals surface area contributed by atoms with Crippen LogP contribution in [0.5, 0.6) is 5.75 Å². The summed E-state index contributed by atoms with van der Waals surface area (Å²) in [5.74, 6) is 0.793. The number of piperazine rings is 1. The molecule has 0 bridgehead atoms. The van der Waals surface area contributed by atoms with Crippen molar-refractivity contribution >= 4 is 16.7 Å². The molecule has 2 aliphatic rings. The number of hydrogen-bond acceptors (Lipinski definition) is 4. The molecule has 2 fully saturated rings. The molecule has 7 heteroatoms. The van der Waals surface area contributed by atoms with Crippen LogP contribution in [-0.2, 0) is 6.18 Å². The van der Waals surface area contributed by atoms with Gasteiger partial charge in [-0.15, -0.1) is 0 Å². The maximum absolute atomic E-state index is 13.7. The van der Waals surface area contributed by atoms with Crippen LogP contribution < -0.4 is 9.64 Å². The molecule has 0 N–H and O–H groups in total. The molecule has 1 saturated carbocycles. The number of rotatable bonds is 3. The Hall–Kier alpha value is -2.02. The van der Waals surface area contributed by atoms with Gasteiger partial charge >= 0.3 is 6.18 Å². The van der Waals surface area contributed by atoms with Crippen molar-refractivity contribution < 1.29 is 17.9 Å². The fraction of sp³-hybridized carbons (Fsp3) is 0.526. The summed E-state index contributed by atoms with van der Waals surface area (Å²) in [6, 6.07) is 6.64. The summed E-state index contributed by atoms with van der Waals surface area (Å²) >= 11 is 0. The summed E-state index contributed by atoms with van der Waals surface area (Å²) in [6.45, 7) is 4.50. The lowest BCUT2D eigenvalue weighted by atomic mass is 10.1. The van der Waals surface area contributed by atoms with Crippen molar-refractivity contribution in [2.75, 3.05) is 31.6 Å². The molecule has 1 unspecified atom stereocenters. The summed E-state index contributed by atoms with van der Waals surface area (Å²) in [4.78, 5) is 8.98. The second-order valence-corrected chi connectivity index (χ2v) is 7.18. The third-order valence-electron chi connectivity index (χ3n) is 5.32. The minimum atomic E-state index is -4.44. The number of hydrogen-bond donors (Lipinski definition) is 0. The van der Waals surface area contributed by atoms with Gasteiger partial charge in [0.15, 0.2) is 0 Å². The van der Waals surface area contributed by atoms with Crippen LogP contribution >= 0.6 is 0 Å². The van der Waals surface area contributed by atoms with E-state index in [1.165, 1.54) is 32.1 Å². The van der Waals surface area contributed by atoms with Gasteiger partial charge in [0.25, 0.3) is 0 Å². The van der Waals surface area contributed by atoms with Crippen molar-refractivity contribution in [2.45, 2.75) is 38.0 Å². The molecule has 1 aromatic heterocycles. The Balaban J connectivity index is 1.73. The van der Waals surface area contributed by atoms with Crippen LogP contribution in [0, 0.1) is 0 Å². The molecule has 140 valence electrons. The van der Waals surface area contributed by atoms with Crippen molar-refractivity contribution in [2.24, 2.45) is 0 Å². The molecule has 1 atom stereocenters. The Morgan fingerprint density at radius 3 is 2.54 bits per heavy atom. The van der Waals surface area contributed by atoms with Crippen molar-refractivity contribution in [3.63, 3.8) is 0 Å². The first-order valence-electron chi connectivity index (χ1n) is 8.93. The van der Waals surface area contributed by atoms with E-state index in [9.17, 15) is 13.2 Å². The van der Waals surface area contributed by atoms with Crippen LogP contribution in [0.25, 0.3) is 10.9 Å². The molecule has 1 aromatic carbocycles. The van der Waals surface area contributed by atoms with Crippen LogP contribution in [0.4, 0.5) is 19.0 Å². The minimum absolute atomic E-state index is 0.0740. The summed E-state index contributed by atoms with van der Waals surface area (Å²) in [5.41, 5.74) is -0.319. The molecule has 1 aliphatic carbocycles. The summed E-state index contributed by atoms with van der Waals surface area (Å²) < 4.78 is 46.1. The zero-order valence-corrected chi connectivity index (χ0v) is 14.9. The van der Waals surface area contributed by atoms with Crippen molar-refractivity contribution in [3.8, 4) is 5.75 Å². The Morgan fingerprint density at radius 2 is 1.92 bits per heavy atom. The molecule has 0 spiro atoms. The van der Waals surface area contributed by atoms with Crippen LogP contribution in [0.1, 0.15) is 25.3 Å². The lowest BCUT2D eigenvalue weighted by Crippen LogP contribution is -2.53. The predicted octanol–water partition coefficient (Wildman–Crippen LogP) is 3.94. The number of fused-ring (bicyclic) bond motifs is 1. The van der Waals surface area contributed by atoms with Gasteiger partial charge < -0.3 is 9.64 Å². The third kappa shape index (κ3) is 3.20. The normalized spacial score (nSPS) is 22.0. The Morgan fingerprint density at radius 1 is 1.15 bits per heavy atom. The van der Waals surface area contributed by atoms with Crippen LogP contribution in [0.3, 0.4) is 0 Å². The van der Waals surface area contributed by atoms with E-state index in [4.69, 9.17) is 4.74 Å². The third-order valence-corrected chi connectivity index (χ3v) is 5.32. The highest BCUT2D eigenvalue weighted by atomic mass is 19.4. The Bertz CT molecular complexity index is 820.